The van der Waals surface area contributed by atoms with Crippen molar-refractivity contribution < 1.29 is 14.2 Å². The lowest BCUT2D eigenvalue weighted by molar-refractivity contribution is 0.0453. The molecule has 0 aliphatic heterocycles. The summed E-state index contributed by atoms with van der Waals surface area (Å²) in [6.07, 6.45) is 0.133. The molecule has 0 bridgehead atoms. The molecule has 0 unspecified atom stereocenters. The van der Waals surface area contributed by atoms with Gasteiger partial charge in [-0.05, 0) is 50.5 Å². The number of aryl methyl sites for hydroxylation is 1. The number of ether oxygens (including phenoxy) is 3. The predicted molar refractivity (Wildman–Crippen MR) is 142 cm³/mol. The number of hydrogen-bond acceptors (Lipinski definition) is 4. The van der Waals surface area contributed by atoms with E-state index in [-0.39, 0.29) is 30.1 Å². The monoisotopic (exact) mass is 555 g/mol. The average molecular weight is 556 g/mol. The number of hydrogen-bond donors (Lipinski definition) is 2. The molecule has 32 heavy (non-hydrogen) atoms. The average Bonchev–Trinajstić information content (AvgIpc) is 2.75. The van der Waals surface area contributed by atoms with Crippen LogP contribution in [-0.4, -0.2) is 38.9 Å². The maximum absolute atomic E-state index is 5.97. The smallest absolute Gasteiger partial charge is 0.191 e. The molecule has 0 aliphatic carbocycles. The molecule has 0 amide bonds. The third kappa shape index (κ3) is 10.7. The van der Waals surface area contributed by atoms with Gasteiger partial charge in [-0.15, -0.1) is 24.0 Å². The number of halogens is 1. The summed E-state index contributed by atoms with van der Waals surface area (Å²) in [4.78, 5) is 4.34. The zero-order valence-electron chi connectivity index (χ0n) is 19.9. The Kier molecular flexibility index (Phi) is 14.0. The lowest BCUT2D eigenvalue weighted by Gasteiger charge is -2.17. The van der Waals surface area contributed by atoms with Crippen LogP contribution in [0.2, 0.25) is 0 Å². The third-order valence-electron chi connectivity index (χ3n) is 4.55. The predicted octanol–water partition coefficient (Wildman–Crippen LogP) is 4.82. The van der Waals surface area contributed by atoms with Gasteiger partial charge in [0.05, 0.1) is 25.9 Å². The van der Waals surface area contributed by atoms with Crippen LogP contribution in [0.15, 0.2) is 47.5 Å². The molecule has 2 aromatic rings. The highest BCUT2D eigenvalue weighted by Gasteiger charge is 2.08. The summed E-state index contributed by atoms with van der Waals surface area (Å²) in [5, 5.41) is 6.75. The van der Waals surface area contributed by atoms with Crippen molar-refractivity contribution in [3.8, 4) is 5.75 Å². The van der Waals surface area contributed by atoms with E-state index in [1.165, 1.54) is 11.1 Å². The van der Waals surface area contributed by atoms with E-state index >= 15 is 0 Å². The normalized spacial score (nSPS) is 11.2. The van der Waals surface area contributed by atoms with Crippen LogP contribution in [0.4, 0.5) is 0 Å². The van der Waals surface area contributed by atoms with Gasteiger partial charge in [-0.1, -0.05) is 36.4 Å². The maximum Gasteiger partial charge on any atom is 0.191 e. The maximum atomic E-state index is 5.97. The fraction of sp³-hybridized carbons (Fsp3) is 0.480. The molecule has 0 spiro atoms. The number of rotatable bonds is 12. The topological polar surface area (TPSA) is 64.1 Å². The zero-order valence-corrected chi connectivity index (χ0v) is 22.3. The number of aliphatic imine (C=N–C) groups is 1. The molecule has 7 heteroatoms. The van der Waals surface area contributed by atoms with E-state index in [0.717, 1.165) is 29.4 Å². The minimum absolute atomic E-state index is 0. The van der Waals surface area contributed by atoms with Gasteiger partial charge in [0.2, 0.25) is 0 Å². The van der Waals surface area contributed by atoms with Crippen molar-refractivity contribution in [2.24, 2.45) is 4.99 Å². The Morgan fingerprint density at radius 1 is 0.969 bits per heavy atom. The molecule has 2 rings (SSSR count). The van der Waals surface area contributed by atoms with Crippen LogP contribution in [-0.2, 0) is 29.2 Å². The molecule has 0 aromatic heterocycles. The van der Waals surface area contributed by atoms with Gasteiger partial charge < -0.3 is 24.8 Å². The fourth-order valence-corrected chi connectivity index (χ4v) is 3.04. The highest BCUT2D eigenvalue weighted by molar-refractivity contribution is 14.0. The van der Waals surface area contributed by atoms with Gasteiger partial charge in [-0.25, -0.2) is 0 Å². The molecule has 2 N–H and O–H groups in total. The molecule has 0 heterocycles. The molecule has 0 aliphatic rings. The van der Waals surface area contributed by atoms with Gasteiger partial charge in [0.1, 0.15) is 5.75 Å². The summed E-state index contributed by atoms with van der Waals surface area (Å²) in [6, 6.07) is 14.6. The van der Waals surface area contributed by atoms with Crippen LogP contribution >= 0.6 is 24.0 Å². The summed E-state index contributed by atoms with van der Waals surface area (Å²) in [7, 11) is 1.78. The Balaban J connectivity index is 0.00000512. The van der Waals surface area contributed by atoms with Crippen molar-refractivity contribution in [1.82, 2.24) is 10.6 Å². The summed E-state index contributed by atoms with van der Waals surface area (Å²) < 4.78 is 16.9. The van der Waals surface area contributed by atoms with Crippen molar-refractivity contribution in [3.63, 3.8) is 0 Å². The highest BCUT2D eigenvalue weighted by atomic mass is 127. The molecule has 0 saturated heterocycles. The minimum atomic E-state index is 0. The molecular formula is C25H38IN3O3. The Morgan fingerprint density at radius 2 is 1.69 bits per heavy atom. The second-order valence-electron chi connectivity index (χ2n) is 7.63. The molecule has 6 nitrogen and oxygen atoms in total. The van der Waals surface area contributed by atoms with Gasteiger partial charge in [-0.3, -0.25) is 4.99 Å². The van der Waals surface area contributed by atoms with E-state index in [1.54, 1.807) is 7.05 Å². The highest BCUT2D eigenvalue weighted by Crippen LogP contribution is 2.21. The van der Waals surface area contributed by atoms with E-state index < -0.39 is 0 Å². The second kappa shape index (κ2) is 15.9. The number of guanidine groups is 1. The van der Waals surface area contributed by atoms with Crippen LogP contribution in [0.3, 0.4) is 0 Å². The zero-order chi connectivity index (χ0) is 22.5. The van der Waals surface area contributed by atoms with Crippen LogP contribution in [0.25, 0.3) is 0 Å². The Hall–Kier alpha value is -1.84. The first-order valence-corrected chi connectivity index (χ1v) is 11.0. The lowest BCUT2D eigenvalue weighted by Crippen LogP contribution is -2.36. The minimum Gasteiger partial charge on any atom is -0.491 e. The Labute approximate surface area is 210 Å². The van der Waals surface area contributed by atoms with Crippen LogP contribution in [0.1, 0.15) is 43.0 Å². The second-order valence-corrected chi connectivity index (χ2v) is 7.63. The van der Waals surface area contributed by atoms with E-state index in [4.69, 9.17) is 14.2 Å². The molecular weight excluding hydrogens is 517 g/mol. The van der Waals surface area contributed by atoms with Gasteiger partial charge in [0.25, 0.3) is 0 Å². The Morgan fingerprint density at radius 3 is 2.41 bits per heavy atom. The van der Waals surface area contributed by atoms with Crippen molar-refractivity contribution in [2.75, 3.05) is 26.9 Å². The summed E-state index contributed by atoms with van der Waals surface area (Å²) in [5.41, 5.74) is 4.61. The van der Waals surface area contributed by atoms with Gasteiger partial charge in [0.15, 0.2) is 5.96 Å². The summed E-state index contributed by atoms with van der Waals surface area (Å²) in [5.74, 6) is 1.66. The lowest BCUT2D eigenvalue weighted by atomic mass is 10.1. The van der Waals surface area contributed by atoms with Crippen molar-refractivity contribution in [1.29, 1.82) is 0 Å². The number of benzene rings is 2. The summed E-state index contributed by atoms with van der Waals surface area (Å²) >= 11 is 0. The van der Waals surface area contributed by atoms with Crippen LogP contribution in [0, 0.1) is 6.92 Å². The van der Waals surface area contributed by atoms with E-state index in [9.17, 15) is 0 Å². The van der Waals surface area contributed by atoms with Gasteiger partial charge in [-0.2, -0.15) is 0 Å². The molecule has 0 saturated carbocycles. The van der Waals surface area contributed by atoms with E-state index in [0.29, 0.717) is 32.9 Å². The van der Waals surface area contributed by atoms with Crippen molar-refractivity contribution >= 4 is 29.9 Å². The fourth-order valence-electron chi connectivity index (χ4n) is 3.04. The van der Waals surface area contributed by atoms with Crippen LogP contribution < -0.4 is 15.4 Å². The van der Waals surface area contributed by atoms with Crippen LogP contribution in [0.5, 0.6) is 5.75 Å². The summed E-state index contributed by atoms with van der Waals surface area (Å²) in [6.45, 7) is 12.0. The SMILES string of the molecule is CCOCCOCc1cccc(CNC(=NC)NCc2ccc(C)cc2OC(C)C)c1.I. The molecule has 2 aromatic carbocycles. The first-order chi connectivity index (χ1) is 15.0. The number of nitrogens with zero attached hydrogens (tertiary/aromatic N) is 1. The molecule has 0 radical (unpaired) electrons. The molecule has 0 atom stereocenters. The van der Waals surface area contributed by atoms with E-state index in [1.807, 2.05) is 20.8 Å². The van der Waals surface area contributed by atoms with Gasteiger partial charge in [0, 0.05) is 32.3 Å². The van der Waals surface area contributed by atoms with E-state index in [2.05, 4.69) is 65.0 Å². The standard InChI is InChI=1S/C25H37N3O3.HI/c1-6-29-12-13-30-18-22-9-7-8-21(15-22)16-27-25(26-5)28-17-23-11-10-20(4)14-24(23)31-19(2)3;/h7-11,14-15,19H,6,12-13,16-18H2,1-5H3,(H2,26,27,28);1H. The molecule has 178 valence electrons. The quantitative estimate of drug-likeness (QED) is 0.170. The largest absolute Gasteiger partial charge is 0.491 e. The first kappa shape index (κ1) is 28.2. The Bertz CT molecular complexity index is 828. The van der Waals surface area contributed by atoms with Crippen molar-refractivity contribution in [3.05, 3.63) is 64.7 Å². The molecule has 0 fully saturated rings. The number of nitrogens with one attached hydrogen (secondary N) is 2. The van der Waals surface area contributed by atoms with Crippen molar-refractivity contribution in [2.45, 2.75) is 53.5 Å². The third-order valence-corrected chi connectivity index (χ3v) is 4.55. The first-order valence-electron chi connectivity index (χ1n) is 11.0. The van der Waals surface area contributed by atoms with Gasteiger partial charge >= 0.3 is 0 Å².